The number of epoxide rings is 1. The van der Waals surface area contributed by atoms with Gasteiger partial charge in [0.25, 0.3) is 0 Å². The Morgan fingerprint density at radius 1 is 1.17 bits per heavy atom. The summed E-state index contributed by atoms with van der Waals surface area (Å²) in [5, 5.41) is 0. The van der Waals surface area contributed by atoms with Crippen LogP contribution in [0, 0.1) is 0 Å². The van der Waals surface area contributed by atoms with Crippen LogP contribution < -0.4 is 15.2 Å². The van der Waals surface area contributed by atoms with Crippen LogP contribution in [0.3, 0.4) is 0 Å². The second-order valence-corrected chi connectivity index (χ2v) is 6.10. The van der Waals surface area contributed by atoms with Crippen molar-refractivity contribution in [2.24, 2.45) is 0 Å². The van der Waals surface area contributed by atoms with E-state index in [4.69, 9.17) is 19.9 Å². The number of rotatable bonds is 5. The third kappa shape index (κ3) is 3.04. The van der Waals surface area contributed by atoms with Gasteiger partial charge in [-0.25, -0.2) is 0 Å². The van der Waals surface area contributed by atoms with Crippen LogP contribution in [0.2, 0.25) is 0 Å². The summed E-state index contributed by atoms with van der Waals surface area (Å²) in [6, 6.07) is 10.9. The van der Waals surface area contributed by atoms with Crippen LogP contribution in [-0.4, -0.2) is 26.1 Å². The maximum Gasteiger partial charge on any atom is 0.200 e. The number of methoxy groups -OCH3 is 2. The monoisotopic (exact) mass is 377 g/mol. The summed E-state index contributed by atoms with van der Waals surface area (Å²) in [6.45, 7) is 0. The number of hydrogen-bond acceptors (Lipinski definition) is 5. The highest BCUT2D eigenvalue weighted by Crippen LogP contribution is 2.43. The number of anilines is 1. The summed E-state index contributed by atoms with van der Waals surface area (Å²) < 4.78 is 17.0. The molecule has 0 saturated carbocycles. The van der Waals surface area contributed by atoms with Gasteiger partial charge in [0.2, 0.25) is 0 Å². The molecular weight excluding hydrogens is 362 g/mol. The van der Waals surface area contributed by atoms with E-state index in [1.165, 1.54) is 14.2 Å². The van der Waals surface area contributed by atoms with Gasteiger partial charge in [0.05, 0.1) is 19.8 Å². The van der Waals surface area contributed by atoms with E-state index in [1.807, 2.05) is 24.3 Å². The Morgan fingerprint density at radius 2 is 1.87 bits per heavy atom. The van der Waals surface area contributed by atoms with Crippen molar-refractivity contribution in [2.45, 2.75) is 12.2 Å². The highest BCUT2D eigenvalue weighted by molar-refractivity contribution is 9.10. The number of nitrogen functional groups attached to an aromatic ring is 1. The van der Waals surface area contributed by atoms with Crippen LogP contribution in [0.5, 0.6) is 11.5 Å². The fourth-order valence-electron chi connectivity index (χ4n) is 2.51. The number of benzene rings is 2. The Morgan fingerprint density at radius 3 is 2.48 bits per heavy atom. The fraction of sp³-hybridized carbons (Fsp3) is 0.235. The molecule has 1 aliphatic heterocycles. The van der Waals surface area contributed by atoms with Crippen molar-refractivity contribution in [1.82, 2.24) is 0 Å². The largest absolute Gasteiger partial charge is 0.497 e. The molecule has 6 heteroatoms. The summed E-state index contributed by atoms with van der Waals surface area (Å²) in [7, 11) is 3.02. The van der Waals surface area contributed by atoms with E-state index in [9.17, 15) is 4.79 Å². The van der Waals surface area contributed by atoms with E-state index in [0.717, 1.165) is 10.0 Å². The third-order valence-electron chi connectivity index (χ3n) is 3.76. The number of nitrogens with two attached hydrogens (primary N) is 1. The molecule has 0 spiro atoms. The molecule has 0 aliphatic carbocycles. The normalized spacial score (nSPS) is 19.3. The smallest absolute Gasteiger partial charge is 0.200 e. The Kier molecular flexibility index (Phi) is 4.28. The van der Waals surface area contributed by atoms with Gasteiger partial charge < -0.3 is 19.9 Å². The Labute approximate surface area is 142 Å². The highest BCUT2D eigenvalue weighted by atomic mass is 79.9. The standard InChI is InChI=1S/C17H16BrNO4/c1-21-11-7-12(19)14(13(8-11)22-2)15(20)17-16(23-17)9-3-5-10(18)6-4-9/h3-8,16-17H,19H2,1-2H3. The molecule has 2 unspecified atom stereocenters. The van der Waals surface area contributed by atoms with Crippen molar-refractivity contribution in [3.8, 4) is 11.5 Å². The molecule has 0 radical (unpaired) electrons. The molecule has 1 saturated heterocycles. The van der Waals surface area contributed by atoms with E-state index in [2.05, 4.69) is 15.9 Å². The molecule has 1 heterocycles. The number of Topliss-reactive ketones (excluding diaryl/α,β-unsaturated/α-hetero) is 1. The SMILES string of the molecule is COc1cc(N)c(C(=O)C2OC2c2ccc(Br)cc2)c(OC)c1. The number of ketones is 1. The molecule has 1 fully saturated rings. The number of halogens is 1. The molecule has 0 amide bonds. The number of carbonyl (C=O) groups is 1. The Bertz CT molecular complexity index is 745. The molecule has 2 aromatic rings. The van der Waals surface area contributed by atoms with Crippen molar-refractivity contribution in [3.05, 3.63) is 52.0 Å². The topological polar surface area (TPSA) is 74.1 Å². The zero-order valence-electron chi connectivity index (χ0n) is 12.7. The van der Waals surface area contributed by atoms with E-state index < -0.39 is 6.10 Å². The molecule has 23 heavy (non-hydrogen) atoms. The van der Waals surface area contributed by atoms with Crippen molar-refractivity contribution in [2.75, 3.05) is 20.0 Å². The van der Waals surface area contributed by atoms with E-state index in [1.54, 1.807) is 12.1 Å². The summed E-state index contributed by atoms with van der Waals surface area (Å²) in [5.74, 6) is 0.740. The molecular formula is C17H16BrNO4. The van der Waals surface area contributed by atoms with Crippen molar-refractivity contribution >= 4 is 27.4 Å². The second kappa shape index (κ2) is 6.22. The lowest BCUT2D eigenvalue weighted by atomic mass is 10.0. The zero-order valence-corrected chi connectivity index (χ0v) is 14.3. The lowest BCUT2D eigenvalue weighted by Gasteiger charge is -2.11. The summed E-state index contributed by atoms with van der Waals surface area (Å²) >= 11 is 3.39. The average molecular weight is 378 g/mol. The molecule has 2 aromatic carbocycles. The number of carbonyl (C=O) groups excluding carboxylic acids is 1. The van der Waals surface area contributed by atoms with E-state index >= 15 is 0 Å². The third-order valence-corrected chi connectivity index (χ3v) is 4.29. The molecule has 120 valence electrons. The number of ether oxygens (including phenoxy) is 3. The molecule has 1 aliphatic rings. The quantitative estimate of drug-likeness (QED) is 0.491. The van der Waals surface area contributed by atoms with Gasteiger partial charge in [0, 0.05) is 22.3 Å². The van der Waals surface area contributed by atoms with E-state index in [0.29, 0.717) is 22.7 Å². The van der Waals surface area contributed by atoms with Crippen LogP contribution in [0.15, 0.2) is 40.9 Å². The van der Waals surface area contributed by atoms with E-state index in [-0.39, 0.29) is 11.9 Å². The van der Waals surface area contributed by atoms with Crippen LogP contribution in [0.4, 0.5) is 5.69 Å². The minimum Gasteiger partial charge on any atom is -0.497 e. The van der Waals surface area contributed by atoms with Gasteiger partial charge in [0.15, 0.2) is 11.9 Å². The maximum atomic E-state index is 12.7. The zero-order chi connectivity index (χ0) is 16.6. The van der Waals surface area contributed by atoms with Crippen molar-refractivity contribution in [3.63, 3.8) is 0 Å². The van der Waals surface area contributed by atoms with Crippen LogP contribution in [-0.2, 0) is 4.74 Å². The molecule has 3 rings (SSSR count). The highest BCUT2D eigenvalue weighted by Gasteiger charge is 2.47. The number of hydrogen-bond donors (Lipinski definition) is 1. The maximum absolute atomic E-state index is 12.7. The lowest BCUT2D eigenvalue weighted by Crippen LogP contribution is -2.13. The average Bonchev–Trinajstić information content (AvgIpc) is 3.34. The molecule has 0 aromatic heterocycles. The van der Waals surface area contributed by atoms with Gasteiger partial charge in [-0.05, 0) is 17.7 Å². The van der Waals surface area contributed by atoms with Crippen molar-refractivity contribution < 1.29 is 19.0 Å². The first-order chi connectivity index (χ1) is 11.0. The van der Waals surface area contributed by atoms with Gasteiger partial charge in [-0.15, -0.1) is 0 Å². The molecule has 2 N–H and O–H groups in total. The van der Waals surface area contributed by atoms with Crippen LogP contribution in [0.1, 0.15) is 22.0 Å². The van der Waals surface area contributed by atoms with Gasteiger partial charge in [-0.1, -0.05) is 28.1 Å². The molecule has 5 nitrogen and oxygen atoms in total. The van der Waals surface area contributed by atoms with Crippen LogP contribution in [0.25, 0.3) is 0 Å². The summed E-state index contributed by atoms with van der Waals surface area (Å²) in [6.07, 6.45) is -0.789. The second-order valence-electron chi connectivity index (χ2n) is 5.19. The van der Waals surface area contributed by atoms with Gasteiger partial charge in [-0.2, -0.15) is 0 Å². The minimum atomic E-state index is -0.541. The predicted octanol–water partition coefficient (Wildman–Crippen LogP) is 3.37. The summed E-state index contributed by atoms with van der Waals surface area (Å²) in [4.78, 5) is 12.7. The van der Waals surface area contributed by atoms with Gasteiger partial charge >= 0.3 is 0 Å². The van der Waals surface area contributed by atoms with Crippen molar-refractivity contribution in [1.29, 1.82) is 0 Å². The predicted molar refractivity (Wildman–Crippen MR) is 90.0 cm³/mol. The summed E-state index contributed by atoms with van der Waals surface area (Å²) in [5.41, 5.74) is 7.60. The minimum absolute atomic E-state index is 0.185. The first-order valence-corrected chi connectivity index (χ1v) is 7.81. The first-order valence-electron chi connectivity index (χ1n) is 7.01. The fourth-order valence-corrected chi connectivity index (χ4v) is 2.78. The lowest BCUT2D eigenvalue weighted by molar-refractivity contribution is 0.0951. The molecule has 2 atom stereocenters. The molecule has 0 bridgehead atoms. The van der Waals surface area contributed by atoms with Gasteiger partial charge in [-0.3, -0.25) is 4.79 Å². The van der Waals surface area contributed by atoms with Gasteiger partial charge in [0.1, 0.15) is 17.6 Å². The first kappa shape index (κ1) is 15.8. The van der Waals surface area contributed by atoms with Crippen LogP contribution >= 0.6 is 15.9 Å². The Hall–Kier alpha value is -2.05. The Balaban J connectivity index is 1.86.